The number of nitro groups is 1. The van der Waals surface area contributed by atoms with Gasteiger partial charge in [-0.05, 0) is 30.5 Å². The number of non-ortho nitro benzene ring substituents is 1. The summed E-state index contributed by atoms with van der Waals surface area (Å²) in [5, 5.41) is 14.8. The Morgan fingerprint density at radius 1 is 1.17 bits per heavy atom. The lowest BCUT2D eigenvalue weighted by molar-refractivity contribution is -0.384. The minimum Gasteiger partial charge on any atom is -0.267 e. The fourth-order valence-corrected chi connectivity index (χ4v) is 2.01. The van der Waals surface area contributed by atoms with E-state index in [4.69, 9.17) is 0 Å². The maximum atomic E-state index is 12.0. The molecule has 2 rings (SSSR count). The second-order valence-electron chi connectivity index (χ2n) is 5.00. The third-order valence-electron chi connectivity index (χ3n) is 3.42. The fourth-order valence-electron chi connectivity index (χ4n) is 2.01. The standard InChI is InChI=1S/C17H17N3O3/c1-3-13-7-9-14(10-8-13)12(2)18-19-17(21)15-5-4-6-16(11-15)20(22)23/h4-11H,3H2,1-2H3,(H,19,21)/b18-12-. The molecule has 0 aromatic heterocycles. The predicted molar refractivity (Wildman–Crippen MR) is 88.6 cm³/mol. The van der Waals surface area contributed by atoms with Crippen LogP contribution in [0.5, 0.6) is 0 Å². The molecule has 1 N–H and O–H groups in total. The molecule has 0 saturated carbocycles. The highest BCUT2D eigenvalue weighted by Gasteiger charge is 2.11. The van der Waals surface area contributed by atoms with Crippen LogP contribution in [0.4, 0.5) is 5.69 Å². The molecule has 0 bridgehead atoms. The van der Waals surface area contributed by atoms with Gasteiger partial charge in [0.1, 0.15) is 0 Å². The summed E-state index contributed by atoms with van der Waals surface area (Å²) in [6.45, 7) is 3.86. The Bertz CT molecular complexity index is 752. The van der Waals surface area contributed by atoms with Gasteiger partial charge in [0.2, 0.25) is 0 Å². The van der Waals surface area contributed by atoms with Crippen LogP contribution in [0.3, 0.4) is 0 Å². The SMILES string of the molecule is CCc1ccc(/C(C)=N\NC(=O)c2cccc([N+](=O)[O-])c2)cc1. The predicted octanol–water partition coefficient (Wildman–Crippen LogP) is 3.31. The summed E-state index contributed by atoms with van der Waals surface area (Å²) >= 11 is 0. The van der Waals surface area contributed by atoms with Crippen molar-refractivity contribution in [2.75, 3.05) is 0 Å². The molecule has 0 unspecified atom stereocenters. The van der Waals surface area contributed by atoms with Crippen molar-refractivity contribution < 1.29 is 9.72 Å². The highest BCUT2D eigenvalue weighted by atomic mass is 16.6. The zero-order valence-electron chi connectivity index (χ0n) is 12.9. The summed E-state index contributed by atoms with van der Waals surface area (Å²) in [6.07, 6.45) is 0.958. The molecule has 6 heteroatoms. The van der Waals surface area contributed by atoms with Crippen molar-refractivity contribution in [3.05, 3.63) is 75.3 Å². The van der Waals surface area contributed by atoms with Crippen LogP contribution in [0.2, 0.25) is 0 Å². The van der Waals surface area contributed by atoms with Gasteiger partial charge in [-0.15, -0.1) is 0 Å². The van der Waals surface area contributed by atoms with Gasteiger partial charge in [0, 0.05) is 17.7 Å². The summed E-state index contributed by atoms with van der Waals surface area (Å²) in [6, 6.07) is 13.4. The van der Waals surface area contributed by atoms with Crippen LogP contribution in [-0.4, -0.2) is 16.5 Å². The number of hydrogen-bond donors (Lipinski definition) is 1. The Kier molecular flexibility index (Phi) is 5.19. The largest absolute Gasteiger partial charge is 0.271 e. The maximum absolute atomic E-state index is 12.0. The topological polar surface area (TPSA) is 84.6 Å². The quantitative estimate of drug-likeness (QED) is 0.522. The molecule has 2 aromatic rings. The maximum Gasteiger partial charge on any atom is 0.271 e. The van der Waals surface area contributed by atoms with E-state index in [1.165, 1.54) is 29.8 Å². The molecule has 0 aliphatic heterocycles. The van der Waals surface area contributed by atoms with E-state index < -0.39 is 10.8 Å². The average molecular weight is 311 g/mol. The summed E-state index contributed by atoms with van der Waals surface area (Å²) < 4.78 is 0. The number of nitro benzene ring substituents is 1. The first kappa shape index (κ1) is 16.4. The normalized spacial score (nSPS) is 11.1. The lowest BCUT2D eigenvalue weighted by atomic mass is 10.1. The second-order valence-corrected chi connectivity index (χ2v) is 5.00. The zero-order chi connectivity index (χ0) is 16.8. The highest BCUT2D eigenvalue weighted by molar-refractivity contribution is 6.01. The van der Waals surface area contributed by atoms with Crippen LogP contribution < -0.4 is 5.43 Å². The average Bonchev–Trinajstić information content (AvgIpc) is 2.59. The zero-order valence-corrected chi connectivity index (χ0v) is 12.9. The first-order valence-electron chi connectivity index (χ1n) is 7.19. The molecule has 118 valence electrons. The lowest BCUT2D eigenvalue weighted by Gasteiger charge is -2.04. The van der Waals surface area contributed by atoms with Gasteiger partial charge in [0.05, 0.1) is 10.6 Å². The van der Waals surface area contributed by atoms with E-state index in [0.29, 0.717) is 5.71 Å². The minimum atomic E-state index is -0.541. The summed E-state index contributed by atoms with van der Waals surface area (Å²) in [5.74, 6) is -0.488. The number of carbonyl (C=O) groups is 1. The van der Waals surface area contributed by atoms with Gasteiger partial charge < -0.3 is 0 Å². The number of nitrogens with one attached hydrogen (secondary N) is 1. The first-order valence-corrected chi connectivity index (χ1v) is 7.19. The Labute approximate surface area is 134 Å². The van der Waals surface area contributed by atoms with Crippen LogP contribution in [0.25, 0.3) is 0 Å². The van der Waals surface area contributed by atoms with Gasteiger partial charge in [-0.3, -0.25) is 14.9 Å². The van der Waals surface area contributed by atoms with Gasteiger partial charge in [-0.25, -0.2) is 5.43 Å². The van der Waals surface area contributed by atoms with Crippen LogP contribution in [-0.2, 0) is 6.42 Å². The number of hydrazone groups is 1. The van der Waals surface area contributed by atoms with E-state index in [0.717, 1.165) is 12.0 Å². The van der Waals surface area contributed by atoms with Crippen molar-refractivity contribution >= 4 is 17.3 Å². The number of rotatable bonds is 5. The Balaban J connectivity index is 2.10. The summed E-state index contributed by atoms with van der Waals surface area (Å²) in [4.78, 5) is 22.2. The van der Waals surface area contributed by atoms with Crippen LogP contribution in [0, 0.1) is 10.1 Å². The Morgan fingerprint density at radius 2 is 1.87 bits per heavy atom. The number of amides is 1. The van der Waals surface area contributed by atoms with Crippen molar-refractivity contribution in [2.45, 2.75) is 20.3 Å². The minimum absolute atomic E-state index is 0.131. The van der Waals surface area contributed by atoms with Gasteiger partial charge in [0.15, 0.2) is 0 Å². The van der Waals surface area contributed by atoms with E-state index in [-0.39, 0.29) is 11.3 Å². The summed E-state index contributed by atoms with van der Waals surface area (Å²) in [5.41, 5.74) is 5.27. The first-order chi connectivity index (χ1) is 11.0. The molecule has 0 spiro atoms. The highest BCUT2D eigenvalue weighted by Crippen LogP contribution is 2.13. The molecular weight excluding hydrogens is 294 g/mol. The van der Waals surface area contributed by atoms with Gasteiger partial charge >= 0.3 is 0 Å². The third kappa shape index (κ3) is 4.23. The smallest absolute Gasteiger partial charge is 0.267 e. The molecule has 0 saturated heterocycles. The van der Waals surface area contributed by atoms with Crippen molar-refractivity contribution in [3.8, 4) is 0 Å². The van der Waals surface area contributed by atoms with Crippen LogP contribution in [0.15, 0.2) is 53.6 Å². The number of aryl methyl sites for hydroxylation is 1. The number of benzene rings is 2. The van der Waals surface area contributed by atoms with Crippen molar-refractivity contribution in [1.82, 2.24) is 5.43 Å². The van der Waals surface area contributed by atoms with E-state index in [9.17, 15) is 14.9 Å². The van der Waals surface area contributed by atoms with E-state index in [2.05, 4.69) is 17.5 Å². The molecule has 0 fully saturated rings. The molecule has 0 heterocycles. The van der Waals surface area contributed by atoms with Gasteiger partial charge in [0.25, 0.3) is 11.6 Å². The number of carbonyl (C=O) groups excluding carboxylic acids is 1. The van der Waals surface area contributed by atoms with Crippen molar-refractivity contribution in [2.24, 2.45) is 5.10 Å². The van der Waals surface area contributed by atoms with Gasteiger partial charge in [-0.1, -0.05) is 37.3 Å². The van der Waals surface area contributed by atoms with Crippen molar-refractivity contribution in [3.63, 3.8) is 0 Å². The molecular formula is C17H17N3O3. The molecule has 23 heavy (non-hydrogen) atoms. The molecule has 2 aromatic carbocycles. The molecule has 1 amide bonds. The van der Waals surface area contributed by atoms with E-state index in [1.807, 2.05) is 24.3 Å². The Morgan fingerprint density at radius 3 is 2.48 bits per heavy atom. The molecule has 0 aliphatic carbocycles. The van der Waals surface area contributed by atoms with E-state index in [1.54, 1.807) is 6.92 Å². The fraction of sp³-hybridized carbons (Fsp3) is 0.176. The summed E-state index contributed by atoms with van der Waals surface area (Å²) in [7, 11) is 0. The number of nitrogens with zero attached hydrogens (tertiary/aromatic N) is 2. The van der Waals surface area contributed by atoms with Crippen LogP contribution in [0.1, 0.15) is 35.3 Å². The molecule has 6 nitrogen and oxygen atoms in total. The monoisotopic (exact) mass is 311 g/mol. The van der Waals surface area contributed by atoms with E-state index >= 15 is 0 Å². The Hall–Kier alpha value is -3.02. The van der Waals surface area contributed by atoms with Crippen LogP contribution >= 0.6 is 0 Å². The number of hydrogen-bond acceptors (Lipinski definition) is 4. The van der Waals surface area contributed by atoms with Crippen molar-refractivity contribution in [1.29, 1.82) is 0 Å². The van der Waals surface area contributed by atoms with Gasteiger partial charge in [-0.2, -0.15) is 5.10 Å². The molecule has 0 radical (unpaired) electrons. The second kappa shape index (κ2) is 7.31. The lowest BCUT2D eigenvalue weighted by Crippen LogP contribution is -2.19. The third-order valence-corrected chi connectivity index (χ3v) is 3.42. The molecule has 0 atom stereocenters. The molecule has 0 aliphatic rings.